The molecule has 0 radical (unpaired) electrons. The first kappa shape index (κ1) is 22.8. The van der Waals surface area contributed by atoms with Crippen LogP contribution in [0.2, 0.25) is 0 Å². The first-order valence-corrected chi connectivity index (χ1v) is 13.3. The highest BCUT2D eigenvalue weighted by Gasteiger charge is 2.18. The molecule has 180 valence electrons. The molecule has 6 rings (SSSR count). The maximum Gasteiger partial charge on any atom is 0.206 e. The third-order valence-electron chi connectivity index (χ3n) is 6.22. The van der Waals surface area contributed by atoms with Gasteiger partial charge >= 0.3 is 0 Å². The summed E-state index contributed by atoms with van der Waals surface area (Å²) in [6.45, 7) is 0. The molecule has 0 bridgehead atoms. The number of sulfone groups is 1. The van der Waals surface area contributed by atoms with E-state index in [1.54, 1.807) is 48.5 Å². The number of fused-ring (bicyclic) bond motifs is 2. The van der Waals surface area contributed by atoms with Gasteiger partial charge in [-0.15, -0.1) is 0 Å². The normalized spacial score (nSPS) is 11.5. The van der Waals surface area contributed by atoms with Crippen molar-refractivity contribution >= 4 is 31.4 Å². The van der Waals surface area contributed by atoms with E-state index >= 15 is 0 Å². The van der Waals surface area contributed by atoms with E-state index in [-0.39, 0.29) is 9.79 Å². The Bertz CT molecular complexity index is 1680. The number of ether oxygens (including phenoxy) is 2. The minimum absolute atomic E-state index is 0.195. The van der Waals surface area contributed by atoms with Crippen molar-refractivity contribution in [3.8, 4) is 23.0 Å². The molecular weight excluding hydrogens is 480 g/mol. The summed E-state index contributed by atoms with van der Waals surface area (Å²) in [5.41, 5.74) is 0. The molecule has 0 unspecified atom stereocenters. The van der Waals surface area contributed by atoms with E-state index in [4.69, 9.17) is 9.47 Å². The Kier molecular flexibility index (Phi) is 5.83. The molecule has 6 aromatic rings. The van der Waals surface area contributed by atoms with Gasteiger partial charge in [-0.2, -0.15) is 0 Å². The Balaban J connectivity index is 1.21. The molecule has 0 aliphatic rings. The molecule has 0 aliphatic heterocycles. The number of rotatable bonds is 6. The molecule has 0 saturated heterocycles. The van der Waals surface area contributed by atoms with Gasteiger partial charge in [0.05, 0.1) is 9.79 Å². The van der Waals surface area contributed by atoms with Crippen molar-refractivity contribution in [2.24, 2.45) is 0 Å². The van der Waals surface area contributed by atoms with Crippen LogP contribution in [0.4, 0.5) is 0 Å². The van der Waals surface area contributed by atoms with Gasteiger partial charge in [-0.25, -0.2) is 8.42 Å². The highest BCUT2D eigenvalue weighted by atomic mass is 32.2. The van der Waals surface area contributed by atoms with Crippen LogP contribution in [0.5, 0.6) is 23.0 Å². The summed E-state index contributed by atoms with van der Waals surface area (Å²) in [4.78, 5) is 0.390. The maximum absolute atomic E-state index is 13.2. The van der Waals surface area contributed by atoms with Crippen LogP contribution in [0.15, 0.2) is 143 Å². The van der Waals surface area contributed by atoms with Gasteiger partial charge in [0.25, 0.3) is 0 Å². The first-order chi connectivity index (χ1) is 18.1. The largest absolute Gasteiger partial charge is 0.457 e. The van der Waals surface area contributed by atoms with Crippen molar-refractivity contribution in [3.63, 3.8) is 0 Å². The Morgan fingerprint density at radius 2 is 0.784 bits per heavy atom. The monoisotopic (exact) mass is 502 g/mol. The summed E-state index contributed by atoms with van der Waals surface area (Å²) < 4.78 is 38.6. The average Bonchev–Trinajstić information content (AvgIpc) is 2.94. The van der Waals surface area contributed by atoms with E-state index in [0.717, 1.165) is 33.0 Å². The highest BCUT2D eigenvalue weighted by molar-refractivity contribution is 7.91. The maximum atomic E-state index is 13.2. The Morgan fingerprint density at radius 1 is 0.405 bits per heavy atom. The van der Waals surface area contributed by atoms with Crippen molar-refractivity contribution in [1.82, 2.24) is 0 Å². The Morgan fingerprint density at radius 3 is 1.22 bits per heavy atom. The van der Waals surface area contributed by atoms with Crippen molar-refractivity contribution in [3.05, 3.63) is 133 Å². The lowest BCUT2D eigenvalue weighted by molar-refractivity contribution is 0.488. The molecule has 0 atom stereocenters. The Labute approximate surface area is 215 Å². The first-order valence-electron chi connectivity index (χ1n) is 11.8. The minimum Gasteiger partial charge on any atom is -0.457 e. The SMILES string of the molecule is O=S(=O)(c1ccc(Oc2cccc3ccccc23)cc1)c1ccc(Oc2cccc3ccccc23)cc1. The molecule has 4 nitrogen and oxygen atoms in total. The van der Waals surface area contributed by atoms with Gasteiger partial charge in [-0.05, 0) is 71.4 Å². The second-order valence-corrected chi connectivity index (χ2v) is 10.6. The lowest BCUT2D eigenvalue weighted by Gasteiger charge is -2.11. The summed E-state index contributed by atoms with van der Waals surface area (Å²) in [5.74, 6) is 2.56. The predicted molar refractivity (Wildman–Crippen MR) is 146 cm³/mol. The summed E-state index contributed by atoms with van der Waals surface area (Å²) in [6.07, 6.45) is 0. The van der Waals surface area contributed by atoms with E-state index in [1.807, 2.05) is 84.9 Å². The second kappa shape index (κ2) is 9.45. The van der Waals surface area contributed by atoms with Gasteiger partial charge in [0.2, 0.25) is 9.84 Å². The van der Waals surface area contributed by atoms with Gasteiger partial charge < -0.3 is 9.47 Å². The van der Waals surface area contributed by atoms with Gasteiger partial charge in [0, 0.05) is 10.8 Å². The number of benzene rings is 6. The van der Waals surface area contributed by atoms with Crippen LogP contribution in [-0.2, 0) is 9.84 Å². The summed E-state index contributed by atoms with van der Waals surface area (Å²) in [6, 6.07) is 40.6. The molecule has 0 aromatic heterocycles. The van der Waals surface area contributed by atoms with Crippen LogP contribution in [-0.4, -0.2) is 8.42 Å². The quantitative estimate of drug-likeness (QED) is 0.229. The van der Waals surface area contributed by atoms with Crippen LogP contribution < -0.4 is 9.47 Å². The topological polar surface area (TPSA) is 52.6 Å². The number of hydrogen-bond acceptors (Lipinski definition) is 4. The second-order valence-electron chi connectivity index (χ2n) is 8.60. The highest BCUT2D eigenvalue weighted by Crippen LogP contribution is 2.33. The van der Waals surface area contributed by atoms with Gasteiger partial charge in [-0.1, -0.05) is 72.8 Å². The zero-order valence-corrected chi connectivity index (χ0v) is 20.6. The Hall–Kier alpha value is -4.61. The molecule has 0 spiro atoms. The molecule has 0 aliphatic carbocycles. The van der Waals surface area contributed by atoms with Crippen molar-refractivity contribution in [2.75, 3.05) is 0 Å². The van der Waals surface area contributed by atoms with E-state index in [0.29, 0.717) is 11.5 Å². The van der Waals surface area contributed by atoms with E-state index in [2.05, 4.69) is 0 Å². The standard InChI is InChI=1S/C32H22O4S/c33-37(34,27-19-15-25(16-20-27)35-31-13-5-9-23-7-1-3-11-29(23)31)28-21-17-26(18-22-28)36-32-14-6-10-24-8-2-4-12-30(24)32/h1-22H. The molecule has 0 N–H and O–H groups in total. The molecule has 0 heterocycles. The van der Waals surface area contributed by atoms with Crippen LogP contribution in [0.1, 0.15) is 0 Å². The zero-order valence-electron chi connectivity index (χ0n) is 19.7. The molecule has 0 amide bonds. The fourth-order valence-corrected chi connectivity index (χ4v) is 5.59. The van der Waals surface area contributed by atoms with Gasteiger partial charge in [0.15, 0.2) is 0 Å². The predicted octanol–water partition coefficient (Wildman–Crippen LogP) is 8.41. The summed E-state index contributed by atoms with van der Waals surface area (Å²) in [5, 5.41) is 4.14. The minimum atomic E-state index is -3.70. The average molecular weight is 503 g/mol. The van der Waals surface area contributed by atoms with Gasteiger partial charge in [-0.3, -0.25) is 0 Å². The lowest BCUT2D eigenvalue weighted by atomic mass is 10.1. The van der Waals surface area contributed by atoms with Gasteiger partial charge in [0.1, 0.15) is 23.0 Å². The van der Waals surface area contributed by atoms with Crippen LogP contribution in [0.25, 0.3) is 21.5 Å². The lowest BCUT2D eigenvalue weighted by Crippen LogP contribution is -2.02. The zero-order chi connectivity index (χ0) is 25.2. The summed E-state index contributed by atoms with van der Waals surface area (Å²) in [7, 11) is -3.70. The van der Waals surface area contributed by atoms with Crippen LogP contribution in [0.3, 0.4) is 0 Å². The van der Waals surface area contributed by atoms with Crippen LogP contribution >= 0.6 is 0 Å². The fourth-order valence-electron chi connectivity index (χ4n) is 4.33. The van der Waals surface area contributed by atoms with Crippen molar-refractivity contribution in [2.45, 2.75) is 9.79 Å². The van der Waals surface area contributed by atoms with E-state index in [1.165, 1.54) is 0 Å². The molecule has 0 saturated carbocycles. The van der Waals surface area contributed by atoms with Crippen LogP contribution in [0, 0.1) is 0 Å². The number of hydrogen-bond donors (Lipinski definition) is 0. The van der Waals surface area contributed by atoms with Crippen molar-refractivity contribution in [1.29, 1.82) is 0 Å². The molecule has 37 heavy (non-hydrogen) atoms. The third-order valence-corrected chi connectivity index (χ3v) is 8.01. The van der Waals surface area contributed by atoms with E-state index in [9.17, 15) is 8.42 Å². The van der Waals surface area contributed by atoms with Crippen molar-refractivity contribution < 1.29 is 17.9 Å². The molecule has 5 heteroatoms. The van der Waals surface area contributed by atoms with E-state index < -0.39 is 9.84 Å². The smallest absolute Gasteiger partial charge is 0.206 e. The molecule has 0 fully saturated rings. The summed E-state index contributed by atoms with van der Waals surface area (Å²) >= 11 is 0. The fraction of sp³-hybridized carbons (Fsp3) is 0. The molecule has 6 aromatic carbocycles. The molecular formula is C32H22O4S. The third kappa shape index (κ3) is 4.53.